The highest BCUT2D eigenvalue weighted by Gasteiger charge is 2.12. The Morgan fingerprint density at radius 2 is 1.67 bits per heavy atom. The maximum atomic E-state index is 9.99. The van der Waals surface area contributed by atoms with Crippen LogP contribution in [0.3, 0.4) is 0 Å². The average molecular weight is 408 g/mol. The standard InChI is InChI=1S/C24H29N3O3/c1-6-27(15-18-8-10-21(30-7-2)22(14-18)29-5)23-11-9-20(25-26-23)19-12-16(3)24(28)17(4)13-19/h8-14,28H,6-7,15H2,1-5H3. The number of hydrogen-bond donors (Lipinski definition) is 1. The molecule has 3 rings (SSSR count). The predicted molar refractivity (Wildman–Crippen MR) is 119 cm³/mol. The van der Waals surface area contributed by atoms with Gasteiger partial charge in [0.05, 0.1) is 19.4 Å². The first-order valence-corrected chi connectivity index (χ1v) is 10.2. The minimum absolute atomic E-state index is 0.325. The van der Waals surface area contributed by atoms with Crippen LogP contribution in [0.2, 0.25) is 0 Å². The molecule has 0 amide bonds. The summed E-state index contributed by atoms with van der Waals surface area (Å²) in [6, 6.07) is 13.8. The Hall–Kier alpha value is -3.28. The van der Waals surface area contributed by atoms with Crippen molar-refractivity contribution < 1.29 is 14.6 Å². The van der Waals surface area contributed by atoms with E-state index in [0.29, 0.717) is 18.9 Å². The number of rotatable bonds is 8. The minimum atomic E-state index is 0.325. The van der Waals surface area contributed by atoms with Crippen LogP contribution in [-0.2, 0) is 6.54 Å². The lowest BCUT2D eigenvalue weighted by Crippen LogP contribution is -2.23. The van der Waals surface area contributed by atoms with E-state index in [1.54, 1.807) is 7.11 Å². The van der Waals surface area contributed by atoms with Crippen LogP contribution in [0.15, 0.2) is 42.5 Å². The van der Waals surface area contributed by atoms with Gasteiger partial charge in [-0.25, -0.2) is 0 Å². The molecule has 0 fully saturated rings. The summed E-state index contributed by atoms with van der Waals surface area (Å²) in [7, 11) is 1.65. The zero-order valence-electron chi connectivity index (χ0n) is 18.3. The fraction of sp³-hybridized carbons (Fsp3) is 0.333. The van der Waals surface area contributed by atoms with E-state index in [2.05, 4.69) is 22.0 Å². The molecule has 158 valence electrons. The summed E-state index contributed by atoms with van der Waals surface area (Å²) < 4.78 is 11.1. The molecule has 0 saturated carbocycles. The Kier molecular flexibility index (Phi) is 6.77. The average Bonchev–Trinajstić information content (AvgIpc) is 2.76. The molecule has 0 unspecified atom stereocenters. The van der Waals surface area contributed by atoms with Gasteiger partial charge in [-0.15, -0.1) is 10.2 Å². The molecule has 30 heavy (non-hydrogen) atoms. The number of aromatic nitrogens is 2. The number of aromatic hydroxyl groups is 1. The van der Waals surface area contributed by atoms with Gasteiger partial charge >= 0.3 is 0 Å². The quantitative estimate of drug-likeness (QED) is 0.573. The number of phenolic OH excluding ortho intramolecular Hbond substituents is 1. The van der Waals surface area contributed by atoms with Crippen LogP contribution < -0.4 is 14.4 Å². The lowest BCUT2D eigenvalue weighted by molar-refractivity contribution is 0.310. The van der Waals surface area contributed by atoms with E-state index in [4.69, 9.17) is 9.47 Å². The van der Waals surface area contributed by atoms with Crippen molar-refractivity contribution in [2.45, 2.75) is 34.2 Å². The summed E-state index contributed by atoms with van der Waals surface area (Å²) in [5, 5.41) is 18.9. The van der Waals surface area contributed by atoms with Gasteiger partial charge in [0.1, 0.15) is 5.75 Å². The van der Waals surface area contributed by atoms with Crippen molar-refractivity contribution in [3.8, 4) is 28.5 Å². The molecule has 0 atom stereocenters. The molecule has 0 aliphatic rings. The molecule has 3 aromatic rings. The number of nitrogens with zero attached hydrogens (tertiary/aromatic N) is 3. The number of phenols is 1. The molecule has 0 aliphatic carbocycles. The topological polar surface area (TPSA) is 67.7 Å². The lowest BCUT2D eigenvalue weighted by atomic mass is 10.0. The fourth-order valence-corrected chi connectivity index (χ4v) is 3.41. The highest BCUT2D eigenvalue weighted by Crippen LogP contribution is 2.30. The van der Waals surface area contributed by atoms with E-state index >= 15 is 0 Å². The molecule has 0 bridgehead atoms. The van der Waals surface area contributed by atoms with Gasteiger partial charge < -0.3 is 19.5 Å². The monoisotopic (exact) mass is 407 g/mol. The third-order valence-electron chi connectivity index (χ3n) is 5.04. The maximum Gasteiger partial charge on any atom is 0.161 e. The zero-order valence-corrected chi connectivity index (χ0v) is 18.3. The molecule has 6 nitrogen and oxygen atoms in total. The summed E-state index contributed by atoms with van der Waals surface area (Å²) >= 11 is 0. The van der Waals surface area contributed by atoms with Crippen molar-refractivity contribution in [1.29, 1.82) is 0 Å². The van der Waals surface area contributed by atoms with Crippen LogP contribution in [0.1, 0.15) is 30.5 Å². The molecule has 0 aliphatic heterocycles. The summed E-state index contributed by atoms with van der Waals surface area (Å²) in [6.07, 6.45) is 0. The molecule has 6 heteroatoms. The van der Waals surface area contributed by atoms with Crippen molar-refractivity contribution in [1.82, 2.24) is 10.2 Å². The van der Waals surface area contributed by atoms with Crippen molar-refractivity contribution in [3.63, 3.8) is 0 Å². The number of benzene rings is 2. The van der Waals surface area contributed by atoms with Crippen LogP contribution in [0.25, 0.3) is 11.3 Å². The first-order chi connectivity index (χ1) is 14.5. The number of methoxy groups -OCH3 is 1. The van der Waals surface area contributed by atoms with Gasteiger partial charge in [0.2, 0.25) is 0 Å². The van der Waals surface area contributed by atoms with Crippen molar-refractivity contribution in [2.75, 3.05) is 25.2 Å². The molecule has 0 spiro atoms. The second-order valence-corrected chi connectivity index (χ2v) is 7.17. The number of hydrogen-bond acceptors (Lipinski definition) is 6. The summed E-state index contributed by atoms with van der Waals surface area (Å²) in [5.41, 5.74) is 4.49. The lowest BCUT2D eigenvalue weighted by Gasteiger charge is -2.22. The van der Waals surface area contributed by atoms with E-state index in [1.165, 1.54) is 0 Å². The second kappa shape index (κ2) is 9.48. The Bertz CT molecular complexity index is 980. The van der Waals surface area contributed by atoms with E-state index in [9.17, 15) is 5.11 Å². The van der Waals surface area contributed by atoms with Gasteiger partial charge in [-0.3, -0.25) is 0 Å². The van der Waals surface area contributed by atoms with Crippen molar-refractivity contribution in [3.05, 3.63) is 59.2 Å². The highest BCUT2D eigenvalue weighted by atomic mass is 16.5. The van der Waals surface area contributed by atoms with Crippen molar-refractivity contribution >= 4 is 5.82 Å². The van der Waals surface area contributed by atoms with Gasteiger partial charge in [-0.2, -0.15) is 0 Å². The second-order valence-electron chi connectivity index (χ2n) is 7.17. The Morgan fingerprint density at radius 1 is 0.933 bits per heavy atom. The third kappa shape index (κ3) is 4.64. The predicted octanol–water partition coefficient (Wildman–Crippen LogP) is 4.90. The van der Waals surface area contributed by atoms with Gasteiger partial charge in [-0.1, -0.05) is 6.07 Å². The number of ether oxygens (including phenoxy) is 2. The van der Waals surface area contributed by atoms with E-state index < -0.39 is 0 Å². The highest BCUT2D eigenvalue weighted by molar-refractivity contribution is 5.64. The van der Waals surface area contributed by atoms with Crippen LogP contribution >= 0.6 is 0 Å². The van der Waals surface area contributed by atoms with Gasteiger partial charge in [0, 0.05) is 18.7 Å². The molecule has 1 N–H and O–H groups in total. The molecule has 1 aromatic heterocycles. The molecular formula is C24H29N3O3. The normalized spacial score (nSPS) is 10.7. The van der Waals surface area contributed by atoms with E-state index in [-0.39, 0.29) is 0 Å². The molecule has 0 radical (unpaired) electrons. The third-order valence-corrected chi connectivity index (χ3v) is 5.04. The van der Waals surface area contributed by atoms with Crippen LogP contribution in [0.5, 0.6) is 17.2 Å². The summed E-state index contributed by atoms with van der Waals surface area (Å²) in [6.45, 7) is 9.89. The van der Waals surface area contributed by atoms with Crippen LogP contribution in [0, 0.1) is 13.8 Å². The van der Waals surface area contributed by atoms with Gasteiger partial charge in [-0.05, 0) is 80.8 Å². The fourth-order valence-electron chi connectivity index (χ4n) is 3.41. The van der Waals surface area contributed by atoms with Crippen LogP contribution in [0.4, 0.5) is 5.82 Å². The first-order valence-electron chi connectivity index (χ1n) is 10.2. The molecular weight excluding hydrogens is 378 g/mol. The summed E-state index contributed by atoms with van der Waals surface area (Å²) in [5.74, 6) is 2.60. The Labute approximate surface area is 178 Å². The van der Waals surface area contributed by atoms with Crippen LogP contribution in [-0.4, -0.2) is 35.6 Å². The molecule has 0 saturated heterocycles. The smallest absolute Gasteiger partial charge is 0.161 e. The first kappa shape index (κ1) is 21.4. The maximum absolute atomic E-state index is 9.99. The Morgan fingerprint density at radius 3 is 2.23 bits per heavy atom. The van der Waals surface area contributed by atoms with E-state index in [1.807, 2.05) is 63.2 Å². The largest absolute Gasteiger partial charge is 0.507 e. The van der Waals surface area contributed by atoms with E-state index in [0.717, 1.165) is 51.8 Å². The zero-order chi connectivity index (χ0) is 21.7. The van der Waals surface area contributed by atoms with Gasteiger partial charge in [0.15, 0.2) is 17.3 Å². The SMILES string of the molecule is CCOc1ccc(CN(CC)c2ccc(-c3cc(C)c(O)c(C)c3)nn2)cc1OC. The summed E-state index contributed by atoms with van der Waals surface area (Å²) in [4.78, 5) is 2.15. The number of aryl methyl sites for hydroxylation is 2. The minimum Gasteiger partial charge on any atom is -0.507 e. The molecule has 2 aromatic carbocycles. The van der Waals surface area contributed by atoms with Gasteiger partial charge in [0.25, 0.3) is 0 Å². The number of anilines is 1. The molecule has 1 heterocycles. The van der Waals surface area contributed by atoms with Crippen molar-refractivity contribution in [2.24, 2.45) is 0 Å². The Balaban J connectivity index is 1.81.